The maximum absolute atomic E-state index is 11.8. The first-order chi connectivity index (χ1) is 2.94. The summed E-state index contributed by atoms with van der Waals surface area (Å²) in [5, 5.41) is 0. The molecule has 0 aromatic heterocycles. The highest BCUT2D eigenvalue weighted by Gasteiger charge is 2.31. The van der Waals surface area contributed by atoms with Crippen molar-refractivity contribution in [3.8, 4) is 0 Å². The Balaban J connectivity index is 3.54. The third-order valence-electron chi connectivity index (χ3n) is 0.247. The zero-order valence-corrected chi connectivity index (χ0v) is 6.90. The van der Waals surface area contributed by atoms with Crippen molar-refractivity contribution in [1.82, 2.24) is 0 Å². The van der Waals surface area contributed by atoms with Crippen molar-refractivity contribution in [2.24, 2.45) is 0 Å². The second-order valence-corrected chi connectivity index (χ2v) is 4.60. The fourth-order valence-electron chi connectivity index (χ4n) is 0. The van der Waals surface area contributed by atoms with Crippen molar-refractivity contribution < 1.29 is 8.78 Å². The zero-order valence-electron chi connectivity index (χ0n) is 2.97. The van der Waals surface area contributed by atoms with Crippen LogP contribution in [0.3, 0.4) is 0 Å². The lowest BCUT2D eigenvalue weighted by Gasteiger charge is -2.06. The standard InChI is InChI=1S/C2HBr2ClF2/c3-2(4,7)1(5)6/h1H. The molecule has 0 saturated carbocycles. The molecular formula is C2HBr2ClF2. The number of halogens is 5. The van der Waals surface area contributed by atoms with Gasteiger partial charge < -0.3 is 0 Å². The molecule has 0 N–H and O–H groups in total. The van der Waals surface area contributed by atoms with Gasteiger partial charge in [-0.15, -0.1) is 0 Å². The minimum atomic E-state index is -2.28. The highest BCUT2D eigenvalue weighted by atomic mass is 79.9. The Labute approximate surface area is 61.5 Å². The molecule has 0 radical (unpaired) electrons. The van der Waals surface area contributed by atoms with E-state index in [-0.39, 0.29) is 0 Å². The molecular weight excluding hydrogens is 257 g/mol. The van der Waals surface area contributed by atoms with E-state index in [1.807, 2.05) is 0 Å². The van der Waals surface area contributed by atoms with E-state index >= 15 is 0 Å². The number of hydrogen-bond donors (Lipinski definition) is 0. The lowest BCUT2D eigenvalue weighted by atomic mass is 10.9. The van der Waals surface area contributed by atoms with Crippen LogP contribution in [0.5, 0.6) is 0 Å². The number of rotatable bonds is 1. The quantitative estimate of drug-likeness (QED) is 0.634. The van der Waals surface area contributed by atoms with E-state index in [1.165, 1.54) is 0 Å². The Morgan fingerprint density at radius 3 is 1.71 bits per heavy atom. The average molecular weight is 258 g/mol. The summed E-state index contributed by atoms with van der Waals surface area (Å²) < 4.78 is 21.1. The summed E-state index contributed by atoms with van der Waals surface area (Å²) in [6.45, 7) is 0. The van der Waals surface area contributed by atoms with Gasteiger partial charge in [-0.3, -0.25) is 0 Å². The van der Waals surface area contributed by atoms with E-state index in [0.717, 1.165) is 0 Å². The van der Waals surface area contributed by atoms with Gasteiger partial charge in [-0.05, 0) is 31.9 Å². The van der Waals surface area contributed by atoms with Gasteiger partial charge in [0, 0.05) is 0 Å². The van der Waals surface area contributed by atoms with Crippen LogP contribution in [0.4, 0.5) is 8.78 Å². The van der Waals surface area contributed by atoms with Crippen LogP contribution in [-0.4, -0.2) is 9.12 Å². The van der Waals surface area contributed by atoms with E-state index < -0.39 is 9.12 Å². The summed E-state index contributed by atoms with van der Waals surface area (Å²) >= 11 is 9.19. The maximum atomic E-state index is 11.8. The van der Waals surface area contributed by atoms with Gasteiger partial charge in [0.05, 0.1) is 0 Å². The van der Waals surface area contributed by atoms with Gasteiger partial charge in [-0.2, -0.15) is 0 Å². The molecule has 0 rings (SSSR count). The minimum Gasteiger partial charge on any atom is -0.224 e. The summed E-state index contributed by atoms with van der Waals surface area (Å²) in [4.78, 5) is 0. The van der Waals surface area contributed by atoms with Gasteiger partial charge in [0.15, 0.2) is 0 Å². The molecule has 0 aliphatic carbocycles. The van der Waals surface area contributed by atoms with Crippen LogP contribution in [0.15, 0.2) is 0 Å². The topological polar surface area (TPSA) is 0 Å². The predicted octanol–water partition coefficient (Wildman–Crippen LogP) is 2.93. The SMILES string of the molecule is FC(Cl)C(F)(Br)Br. The molecule has 7 heavy (non-hydrogen) atoms. The molecule has 0 aliphatic heterocycles. The molecule has 0 heterocycles. The van der Waals surface area contributed by atoms with Gasteiger partial charge in [0.1, 0.15) is 0 Å². The first kappa shape index (κ1) is 8.11. The third-order valence-corrected chi connectivity index (χ3v) is 1.88. The lowest BCUT2D eigenvalue weighted by Crippen LogP contribution is -2.12. The smallest absolute Gasteiger partial charge is 0.224 e. The summed E-state index contributed by atoms with van der Waals surface area (Å²) in [6.07, 6.45) is 0. The molecule has 0 amide bonds. The molecule has 0 nitrogen and oxygen atoms in total. The molecule has 1 atom stereocenters. The van der Waals surface area contributed by atoms with E-state index in [1.54, 1.807) is 0 Å². The average Bonchev–Trinajstić information content (AvgIpc) is 1.31. The van der Waals surface area contributed by atoms with Crippen LogP contribution in [0.25, 0.3) is 0 Å². The molecule has 0 aliphatic rings. The molecule has 44 valence electrons. The van der Waals surface area contributed by atoms with E-state index in [4.69, 9.17) is 0 Å². The molecule has 0 spiro atoms. The van der Waals surface area contributed by atoms with Crippen molar-refractivity contribution in [1.29, 1.82) is 0 Å². The Bertz CT molecular complexity index is 59.2. The Kier molecular flexibility index (Phi) is 3.01. The van der Waals surface area contributed by atoms with Crippen LogP contribution >= 0.6 is 43.5 Å². The normalized spacial score (nSPS) is 16.7. The van der Waals surface area contributed by atoms with Crippen molar-refractivity contribution >= 4 is 43.5 Å². The fraction of sp³-hybridized carbons (Fsp3) is 1.00. The summed E-state index contributed by atoms with van der Waals surface area (Å²) in [5.41, 5.74) is -2.06. The Morgan fingerprint density at radius 2 is 1.71 bits per heavy atom. The van der Waals surface area contributed by atoms with Crippen LogP contribution in [0.1, 0.15) is 0 Å². The van der Waals surface area contributed by atoms with Gasteiger partial charge in [0.25, 0.3) is 3.49 Å². The lowest BCUT2D eigenvalue weighted by molar-refractivity contribution is 0.295. The first-order valence-corrected chi connectivity index (χ1v) is 3.31. The molecule has 0 fully saturated rings. The van der Waals surface area contributed by atoms with Crippen LogP contribution in [0.2, 0.25) is 0 Å². The molecule has 0 aromatic carbocycles. The van der Waals surface area contributed by atoms with E-state index in [0.29, 0.717) is 0 Å². The summed E-state index contributed by atoms with van der Waals surface area (Å²) in [7, 11) is 0. The zero-order chi connectivity index (χ0) is 6.08. The summed E-state index contributed by atoms with van der Waals surface area (Å²) in [6, 6.07) is 0. The molecule has 0 saturated heterocycles. The minimum absolute atomic E-state index is 2.06. The highest BCUT2D eigenvalue weighted by molar-refractivity contribution is 9.25. The third kappa shape index (κ3) is 3.67. The van der Waals surface area contributed by atoms with E-state index in [2.05, 4.69) is 43.5 Å². The van der Waals surface area contributed by atoms with Crippen molar-refractivity contribution in [3.05, 3.63) is 0 Å². The van der Waals surface area contributed by atoms with Crippen LogP contribution in [-0.2, 0) is 0 Å². The largest absolute Gasteiger partial charge is 0.263 e. The maximum Gasteiger partial charge on any atom is 0.263 e. The predicted molar refractivity (Wildman–Crippen MR) is 32.4 cm³/mol. The van der Waals surface area contributed by atoms with Gasteiger partial charge in [-0.1, -0.05) is 11.6 Å². The second-order valence-electron chi connectivity index (χ2n) is 0.842. The molecule has 0 aromatic rings. The highest BCUT2D eigenvalue weighted by Crippen LogP contribution is 2.35. The monoisotopic (exact) mass is 256 g/mol. The van der Waals surface area contributed by atoms with Crippen LogP contribution < -0.4 is 0 Å². The Morgan fingerprint density at radius 1 is 1.57 bits per heavy atom. The Hall–Kier alpha value is 1.11. The van der Waals surface area contributed by atoms with Crippen molar-refractivity contribution in [2.45, 2.75) is 9.12 Å². The van der Waals surface area contributed by atoms with E-state index in [9.17, 15) is 8.78 Å². The van der Waals surface area contributed by atoms with Crippen molar-refractivity contribution in [3.63, 3.8) is 0 Å². The van der Waals surface area contributed by atoms with Crippen molar-refractivity contribution in [2.75, 3.05) is 0 Å². The first-order valence-electron chi connectivity index (χ1n) is 1.29. The molecule has 5 heteroatoms. The summed E-state index contributed by atoms with van der Waals surface area (Å²) in [5.74, 6) is 0. The molecule has 1 unspecified atom stereocenters. The number of alkyl halides is 5. The molecule has 0 bridgehead atoms. The second kappa shape index (κ2) is 2.60. The fourth-order valence-corrected chi connectivity index (χ4v) is 0. The van der Waals surface area contributed by atoms with Gasteiger partial charge in [0.2, 0.25) is 5.63 Å². The van der Waals surface area contributed by atoms with Crippen LogP contribution in [0, 0.1) is 0 Å². The van der Waals surface area contributed by atoms with Gasteiger partial charge in [-0.25, -0.2) is 8.78 Å². The van der Waals surface area contributed by atoms with Gasteiger partial charge >= 0.3 is 0 Å². The number of hydrogen-bond acceptors (Lipinski definition) is 0.